The number of amides is 2. The number of likely N-dealkylation sites (tertiary alicyclic amines) is 2. The van der Waals surface area contributed by atoms with Crippen LogP contribution in [0.15, 0.2) is 0 Å². The average Bonchev–Trinajstić information content (AvgIpc) is 2.84. The average molecular weight is 268 g/mol. The fraction of sp³-hybridized carbons (Fsp3) is 0.769. The molecule has 19 heavy (non-hydrogen) atoms. The Labute approximate surface area is 112 Å². The van der Waals surface area contributed by atoms with Crippen LogP contribution in [0.3, 0.4) is 0 Å². The van der Waals surface area contributed by atoms with Gasteiger partial charge in [-0.25, -0.2) is 0 Å². The van der Waals surface area contributed by atoms with Crippen molar-refractivity contribution in [3.05, 3.63) is 0 Å². The number of hydrogen-bond acceptors (Lipinski definition) is 5. The van der Waals surface area contributed by atoms with Gasteiger partial charge < -0.3 is 4.74 Å². The molecule has 2 aliphatic heterocycles. The number of imide groups is 1. The molecule has 0 aliphatic carbocycles. The standard InChI is InChI=1S/C13H20N2O4/c1-19-13(18)10-4-2-6-14(8-10)9-12(17)15-7-3-5-11(15)16/h10H,2-9H2,1H3. The molecular weight excluding hydrogens is 248 g/mol. The second-order valence-corrected chi connectivity index (χ2v) is 5.14. The molecule has 2 rings (SSSR count). The molecule has 2 fully saturated rings. The van der Waals surface area contributed by atoms with Crippen molar-refractivity contribution in [3.63, 3.8) is 0 Å². The van der Waals surface area contributed by atoms with Crippen molar-refractivity contribution in [2.24, 2.45) is 5.92 Å². The molecule has 106 valence electrons. The minimum atomic E-state index is -0.214. The van der Waals surface area contributed by atoms with E-state index in [0.717, 1.165) is 25.8 Å². The summed E-state index contributed by atoms with van der Waals surface area (Å²) in [6, 6.07) is 0. The van der Waals surface area contributed by atoms with Crippen molar-refractivity contribution in [2.75, 3.05) is 33.3 Å². The maximum Gasteiger partial charge on any atom is 0.309 e. The molecule has 0 aromatic rings. The number of carbonyl (C=O) groups excluding carboxylic acids is 3. The van der Waals surface area contributed by atoms with E-state index >= 15 is 0 Å². The summed E-state index contributed by atoms with van der Waals surface area (Å²) in [6.45, 7) is 2.09. The highest BCUT2D eigenvalue weighted by atomic mass is 16.5. The first kappa shape index (κ1) is 14.0. The van der Waals surface area contributed by atoms with E-state index in [1.54, 1.807) is 0 Å². The van der Waals surface area contributed by atoms with Crippen LogP contribution < -0.4 is 0 Å². The van der Waals surface area contributed by atoms with Crippen LogP contribution in [0.1, 0.15) is 25.7 Å². The van der Waals surface area contributed by atoms with E-state index in [9.17, 15) is 14.4 Å². The maximum absolute atomic E-state index is 12.0. The van der Waals surface area contributed by atoms with E-state index in [-0.39, 0.29) is 30.2 Å². The van der Waals surface area contributed by atoms with Gasteiger partial charge in [-0.1, -0.05) is 0 Å². The van der Waals surface area contributed by atoms with Crippen molar-refractivity contribution < 1.29 is 19.1 Å². The quantitative estimate of drug-likeness (QED) is 0.675. The highest BCUT2D eigenvalue weighted by molar-refractivity contribution is 5.97. The number of carbonyl (C=O) groups is 3. The maximum atomic E-state index is 12.0. The third-order valence-electron chi connectivity index (χ3n) is 3.77. The van der Waals surface area contributed by atoms with Gasteiger partial charge >= 0.3 is 5.97 Å². The predicted octanol–water partition coefficient (Wildman–Crippen LogP) is 0.0204. The molecule has 2 aliphatic rings. The Bertz CT molecular complexity index is 383. The molecule has 0 aromatic heterocycles. The lowest BCUT2D eigenvalue weighted by molar-refractivity contribution is -0.149. The molecule has 6 heteroatoms. The lowest BCUT2D eigenvalue weighted by atomic mass is 9.98. The molecule has 0 bridgehead atoms. The van der Waals surface area contributed by atoms with Gasteiger partial charge in [0.25, 0.3) is 0 Å². The number of rotatable bonds is 3. The van der Waals surface area contributed by atoms with Crippen molar-refractivity contribution >= 4 is 17.8 Å². The zero-order chi connectivity index (χ0) is 13.8. The minimum Gasteiger partial charge on any atom is -0.469 e. The van der Waals surface area contributed by atoms with Gasteiger partial charge in [0.1, 0.15) is 0 Å². The molecule has 1 atom stereocenters. The van der Waals surface area contributed by atoms with Crippen LogP contribution in [0.4, 0.5) is 0 Å². The van der Waals surface area contributed by atoms with E-state index in [1.807, 2.05) is 4.90 Å². The van der Waals surface area contributed by atoms with Crippen molar-refractivity contribution in [1.29, 1.82) is 0 Å². The number of piperidine rings is 1. The van der Waals surface area contributed by atoms with E-state index in [2.05, 4.69) is 0 Å². The summed E-state index contributed by atoms with van der Waals surface area (Å²) in [4.78, 5) is 38.3. The summed E-state index contributed by atoms with van der Waals surface area (Å²) in [5.41, 5.74) is 0. The predicted molar refractivity (Wildman–Crippen MR) is 67.1 cm³/mol. The van der Waals surface area contributed by atoms with Gasteiger partial charge in [0.15, 0.2) is 0 Å². The van der Waals surface area contributed by atoms with Crippen molar-refractivity contribution in [2.45, 2.75) is 25.7 Å². The molecule has 0 N–H and O–H groups in total. The van der Waals surface area contributed by atoms with Crippen LogP contribution >= 0.6 is 0 Å². The second kappa shape index (κ2) is 6.14. The van der Waals surface area contributed by atoms with Gasteiger partial charge in [0, 0.05) is 19.5 Å². The molecule has 2 amide bonds. The summed E-state index contributed by atoms with van der Waals surface area (Å²) in [5, 5.41) is 0. The van der Waals surface area contributed by atoms with Crippen LogP contribution in [-0.2, 0) is 19.1 Å². The topological polar surface area (TPSA) is 66.9 Å². The van der Waals surface area contributed by atoms with Crippen LogP contribution in [0.25, 0.3) is 0 Å². The number of nitrogens with zero attached hydrogens (tertiary/aromatic N) is 2. The van der Waals surface area contributed by atoms with Gasteiger partial charge in [-0.3, -0.25) is 24.2 Å². The van der Waals surface area contributed by atoms with Gasteiger partial charge in [0.2, 0.25) is 11.8 Å². The van der Waals surface area contributed by atoms with Crippen LogP contribution in [0.2, 0.25) is 0 Å². The third-order valence-corrected chi connectivity index (χ3v) is 3.77. The van der Waals surface area contributed by atoms with Gasteiger partial charge in [-0.15, -0.1) is 0 Å². The van der Waals surface area contributed by atoms with Gasteiger partial charge in [-0.05, 0) is 25.8 Å². The first-order valence-corrected chi connectivity index (χ1v) is 6.75. The Morgan fingerprint density at radius 1 is 1.32 bits per heavy atom. The number of esters is 1. The van der Waals surface area contributed by atoms with E-state index in [1.165, 1.54) is 12.0 Å². The van der Waals surface area contributed by atoms with Crippen molar-refractivity contribution in [1.82, 2.24) is 9.80 Å². The largest absolute Gasteiger partial charge is 0.469 e. The first-order valence-electron chi connectivity index (χ1n) is 6.75. The smallest absolute Gasteiger partial charge is 0.309 e. The second-order valence-electron chi connectivity index (χ2n) is 5.14. The summed E-state index contributed by atoms with van der Waals surface area (Å²) in [6.07, 6.45) is 2.91. The fourth-order valence-electron chi connectivity index (χ4n) is 2.75. The first-order chi connectivity index (χ1) is 9.11. The lowest BCUT2D eigenvalue weighted by Crippen LogP contribution is -2.46. The van der Waals surface area contributed by atoms with Crippen molar-refractivity contribution in [3.8, 4) is 0 Å². The molecule has 0 radical (unpaired) electrons. The summed E-state index contributed by atoms with van der Waals surface area (Å²) in [5.74, 6) is -0.588. The van der Waals surface area contributed by atoms with Gasteiger partial charge in [0.05, 0.1) is 19.6 Å². The Kier molecular flexibility index (Phi) is 4.52. The van der Waals surface area contributed by atoms with Gasteiger partial charge in [-0.2, -0.15) is 0 Å². The highest BCUT2D eigenvalue weighted by Crippen LogP contribution is 2.18. The van der Waals surface area contributed by atoms with E-state index in [0.29, 0.717) is 19.5 Å². The SMILES string of the molecule is COC(=O)C1CCCN(CC(=O)N2CCCC2=O)C1. The normalized spacial score (nSPS) is 24.6. The molecule has 0 saturated carbocycles. The molecule has 1 unspecified atom stereocenters. The zero-order valence-corrected chi connectivity index (χ0v) is 11.3. The number of methoxy groups -OCH3 is 1. The molecule has 0 aromatic carbocycles. The lowest BCUT2D eigenvalue weighted by Gasteiger charge is -2.31. The molecule has 2 heterocycles. The van der Waals surface area contributed by atoms with Crippen LogP contribution in [0, 0.1) is 5.92 Å². The Balaban J connectivity index is 1.86. The minimum absolute atomic E-state index is 0.0773. The number of ether oxygens (including phenoxy) is 1. The van der Waals surface area contributed by atoms with Crippen LogP contribution in [-0.4, -0.2) is 60.9 Å². The summed E-state index contributed by atoms with van der Waals surface area (Å²) < 4.78 is 4.74. The summed E-state index contributed by atoms with van der Waals surface area (Å²) >= 11 is 0. The van der Waals surface area contributed by atoms with E-state index < -0.39 is 0 Å². The molecule has 0 spiro atoms. The fourth-order valence-corrected chi connectivity index (χ4v) is 2.75. The molecule has 2 saturated heterocycles. The third kappa shape index (κ3) is 3.32. The Morgan fingerprint density at radius 3 is 2.74 bits per heavy atom. The Morgan fingerprint density at radius 2 is 2.11 bits per heavy atom. The highest BCUT2D eigenvalue weighted by Gasteiger charge is 2.31. The summed E-state index contributed by atoms with van der Waals surface area (Å²) in [7, 11) is 1.38. The molecule has 6 nitrogen and oxygen atoms in total. The molecular formula is C13H20N2O4. The number of hydrogen-bond donors (Lipinski definition) is 0. The monoisotopic (exact) mass is 268 g/mol. The zero-order valence-electron chi connectivity index (χ0n) is 11.3. The Hall–Kier alpha value is -1.43. The van der Waals surface area contributed by atoms with Crippen LogP contribution in [0.5, 0.6) is 0 Å². The van der Waals surface area contributed by atoms with E-state index in [4.69, 9.17) is 4.74 Å².